The van der Waals surface area contributed by atoms with E-state index in [-0.39, 0.29) is 11.7 Å². The summed E-state index contributed by atoms with van der Waals surface area (Å²) in [7, 11) is 0. The third-order valence-electron chi connectivity index (χ3n) is 2.41. The van der Waals surface area contributed by atoms with Gasteiger partial charge in [0.2, 0.25) is 0 Å². The molecule has 1 heterocycles. The average Bonchev–Trinajstić information content (AvgIpc) is 2.76. The van der Waals surface area contributed by atoms with Crippen molar-refractivity contribution in [1.82, 2.24) is 0 Å². The van der Waals surface area contributed by atoms with E-state index in [4.69, 9.17) is 4.74 Å². The van der Waals surface area contributed by atoms with Crippen molar-refractivity contribution in [3.8, 4) is 0 Å². The molecule has 2 rings (SSSR count). The molecule has 0 aliphatic carbocycles. The third-order valence-corrected chi connectivity index (χ3v) is 3.10. The third kappa shape index (κ3) is 2.59. The molecule has 0 spiro atoms. The molecule has 0 radical (unpaired) electrons. The van der Waals surface area contributed by atoms with Gasteiger partial charge in [0, 0.05) is 11.1 Å². The van der Waals surface area contributed by atoms with Gasteiger partial charge in [-0.15, -0.1) is 0 Å². The molecular weight excluding hydrogens is 277 g/mol. The standard InChI is InChI=1S/C11H11BrFNO2/c12-8-4-3-7(13)6-9(8)14-11(15)10-2-1-5-16-10/h3-4,6,10H,1-2,5H2,(H,14,15)/t10-/m1/s1. The number of hydrogen-bond acceptors (Lipinski definition) is 2. The molecule has 1 aliphatic heterocycles. The number of carbonyl (C=O) groups excluding carboxylic acids is 1. The number of ether oxygens (including phenoxy) is 1. The number of nitrogens with one attached hydrogen (secondary N) is 1. The van der Waals surface area contributed by atoms with E-state index in [0.717, 1.165) is 12.8 Å². The Morgan fingerprint density at radius 3 is 3.06 bits per heavy atom. The van der Waals surface area contributed by atoms with E-state index in [2.05, 4.69) is 21.2 Å². The fourth-order valence-corrected chi connectivity index (χ4v) is 1.94. The van der Waals surface area contributed by atoms with Crippen molar-refractivity contribution in [3.63, 3.8) is 0 Å². The zero-order chi connectivity index (χ0) is 11.5. The first-order chi connectivity index (χ1) is 7.66. The number of halogens is 2. The second-order valence-corrected chi connectivity index (χ2v) is 4.47. The molecule has 16 heavy (non-hydrogen) atoms. The van der Waals surface area contributed by atoms with Gasteiger partial charge >= 0.3 is 0 Å². The lowest BCUT2D eigenvalue weighted by atomic mass is 10.2. The largest absolute Gasteiger partial charge is 0.368 e. The molecule has 1 amide bonds. The molecule has 0 bridgehead atoms. The SMILES string of the molecule is O=C(Nc1cc(F)ccc1Br)[C@H]1CCCO1. The average molecular weight is 288 g/mol. The van der Waals surface area contributed by atoms with Gasteiger partial charge in [-0.2, -0.15) is 0 Å². The van der Waals surface area contributed by atoms with Crippen LogP contribution < -0.4 is 5.32 Å². The van der Waals surface area contributed by atoms with E-state index in [9.17, 15) is 9.18 Å². The number of amides is 1. The minimum atomic E-state index is -0.407. The zero-order valence-electron chi connectivity index (χ0n) is 8.50. The maximum atomic E-state index is 13.0. The van der Waals surface area contributed by atoms with E-state index < -0.39 is 6.10 Å². The number of benzene rings is 1. The lowest BCUT2D eigenvalue weighted by molar-refractivity contribution is -0.124. The quantitative estimate of drug-likeness (QED) is 0.908. The molecule has 5 heteroatoms. The van der Waals surface area contributed by atoms with Crippen molar-refractivity contribution < 1.29 is 13.9 Å². The van der Waals surface area contributed by atoms with Crippen LogP contribution in [0.25, 0.3) is 0 Å². The number of carbonyl (C=O) groups is 1. The van der Waals surface area contributed by atoms with Crippen molar-refractivity contribution in [2.75, 3.05) is 11.9 Å². The van der Waals surface area contributed by atoms with Gasteiger partial charge in [-0.25, -0.2) is 4.39 Å². The second-order valence-electron chi connectivity index (χ2n) is 3.62. The monoisotopic (exact) mass is 287 g/mol. The Morgan fingerprint density at radius 1 is 1.56 bits per heavy atom. The highest BCUT2D eigenvalue weighted by molar-refractivity contribution is 9.10. The lowest BCUT2D eigenvalue weighted by Crippen LogP contribution is -2.27. The topological polar surface area (TPSA) is 38.3 Å². The molecule has 1 atom stereocenters. The van der Waals surface area contributed by atoms with Crippen molar-refractivity contribution in [3.05, 3.63) is 28.5 Å². The van der Waals surface area contributed by atoms with Crippen LogP contribution in [-0.4, -0.2) is 18.6 Å². The van der Waals surface area contributed by atoms with Crippen LogP contribution in [0.15, 0.2) is 22.7 Å². The van der Waals surface area contributed by atoms with Gasteiger partial charge in [-0.1, -0.05) is 0 Å². The van der Waals surface area contributed by atoms with Crippen LogP contribution in [-0.2, 0) is 9.53 Å². The van der Waals surface area contributed by atoms with E-state index in [1.165, 1.54) is 12.1 Å². The van der Waals surface area contributed by atoms with Crippen LogP contribution in [0.5, 0.6) is 0 Å². The molecule has 0 saturated carbocycles. The van der Waals surface area contributed by atoms with E-state index >= 15 is 0 Å². The Labute approximate surface area is 101 Å². The van der Waals surface area contributed by atoms with Gasteiger partial charge in [0.25, 0.3) is 5.91 Å². The van der Waals surface area contributed by atoms with E-state index in [1.54, 1.807) is 6.07 Å². The Kier molecular flexibility index (Phi) is 3.56. The Hall–Kier alpha value is -0.940. The summed E-state index contributed by atoms with van der Waals surface area (Å²) >= 11 is 3.25. The molecular formula is C11H11BrFNO2. The normalized spacial score (nSPS) is 19.8. The highest BCUT2D eigenvalue weighted by Crippen LogP contribution is 2.24. The van der Waals surface area contributed by atoms with Gasteiger partial charge < -0.3 is 10.1 Å². The number of anilines is 1. The predicted octanol–water partition coefficient (Wildman–Crippen LogP) is 2.71. The minimum Gasteiger partial charge on any atom is -0.368 e. The van der Waals surface area contributed by atoms with Gasteiger partial charge in [0.15, 0.2) is 0 Å². The van der Waals surface area contributed by atoms with Gasteiger partial charge in [0.1, 0.15) is 11.9 Å². The van der Waals surface area contributed by atoms with Crippen LogP contribution in [0.3, 0.4) is 0 Å². The summed E-state index contributed by atoms with van der Waals surface area (Å²) in [5.41, 5.74) is 0.431. The lowest BCUT2D eigenvalue weighted by Gasteiger charge is -2.11. The molecule has 1 aromatic rings. The predicted molar refractivity (Wildman–Crippen MR) is 61.7 cm³/mol. The summed E-state index contributed by atoms with van der Waals surface area (Å²) in [5.74, 6) is -0.602. The summed E-state index contributed by atoms with van der Waals surface area (Å²) < 4.78 is 18.9. The fourth-order valence-electron chi connectivity index (χ4n) is 1.59. The second kappa shape index (κ2) is 4.93. The molecule has 1 saturated heterocycles. The molecule has 1 aromatic carbocycles. The molecule has 1 N–H and O–H groups in total. The van der Waals surface area contributed by atoms with Crippen molar-refractivity contribution >= 4 is 27.5 Å². The maximum Gasteiger partial charge on any atom is 0.253 e. The Morgan fingerprint density at radius 2 is 2.38 bits per heavy atom. The van der Waals surface area contributed by atoms with Crippen LogP contribution in [0.1, 0.15) is 12.8 Å². The smallest absolute Gasteiger partial charge is 0.253 e. The van der Waals surface area contributed by atoms with E-state index in [0.29, 0.717) is 16.8 Å². The Balaban J connectivity index is 2.07. The van der Waals surface area contributed by atoms with Crippen LogP contribution in [0.2, 0.25) is 0 Å². The van der Waals surface area contributed by atoms with Crippen molar-refractivity contribution in [2.45, 2.75) is 18.9 Å². The maximum absolute atomic E-state index is 13.0. The first-order valence-corrected chi connectivity index (χ1v) is 5.83. The molecule has 3 nitrogen and oxygen atoms in total. The van der Waals surface area contributed by atoms with Crippen molar-refractivity contribution in [1.29, 1.82) is 0 Å². The minimum absolute atomic E-state index is 0.219. The van der Waals surface area contributed by atoms with Gasteiger partial charge in [-0.05, 0) is 47.0 Å². The van der Waals surface area contributed by atoms with Crippen LogP contribution in [0.4, 0.5) is 10.1 Å². The first kappa shape index (κ1) is 11.5. The summed E-state index contributed by atoms with van der Waals surface area (Å²) in [6.45, 7) is 0.613. The number of hydrogen-bond donors (Lipinski definition) is 1. The highest BCUT2D eigenvalue weighted by atomic mass is 79.9. The Bertz CT molecular complexity index is 405. The zero-order valence-corrected chi connectivity index (χ0v) is 10.1. The van der Waals surface area contributed by atoms with Crippen LogP contribution >= 0.6 is 15.9 Å². The molecule has 1 aliphatic rings. The number of rotatable bonds is 2. The summed E-state index contributed by atoms with van der Waals surface area (Å²) in [6.07, 6.45) is 1.21. The van der Waals surface area contributed by atoms with Gasteiger partial charge in [-0.3, -0.25) is 4.79 Å². The molecule has 1 fully saturated rings. The summed E-state index contributed by atoms with van der Waals surface area (Å²) in [6, 6.07) is 4.16. The fraction of sp³-hybridized carbons (Fsp3) is 0.364. The summed E-state index contributed by atoms with van der Waals surface area (Å²) in [5, 5.41) is 2.64. The van der Waals surface area contributed by atoms with E-state index in [1.807, 2.05) is 0 Å². The summed E-state index contributed by atoms with van der Waals surface area (Å²) in [4.78, 5) is 11.7. The van der Waals surface area contributed by atoms with Gasteiger partial charge in [0.05, 0.1) is 5.69 Å². The highest BCUT2D eigenvalue weighted by Gasteiger charge is 2.23. The first-order valence-electron chi connectivity index (χ1n) is 5.04. The molecule has 86 valence electrons. The van der Waals surface area contributed by atoms with Crippen molar-refractivity contribution in [2.24, 2.45) is 0 Å². The molecule has 0 aromatic heterocycles. The van der Waals surface area contributed by atoms with Crippen LogP contribution in [0, 0.1) is 5.82 Å². The molecule has 0 unspecified atom stereocenters.